The fourth-order valence-electron chi connectivity index (χ4n) is 3.43. The SMILES string of the molecule is Cc1cc(C(=O)N2C[C@H](C(=O)O)[C@H](c3ccccc3)C2)cc([N+](=O)[O-])c1. The van der Waals surface area contributed by atoms with Gasteiger partial charge in [0.15, 0.2) is 0 Å². The molecule has 7 heteroatoms. The lowest BCUT2D eigenvalue weighted by Gasteiger charge is -2.17. The Morgan fingerprint density at radius 3 is 2.46 bits per heavy atom. The highest BCUT2D eigenvalue weighted by Gasteiger charge is 2.40. The third-order valence-corrected chi connectivity index (χ3v) is 4.67. The zero-order valence-corrected chi connectivity index (χ0v) is 14.2. The van der Waals surface area contributed by atoms with Crippen LogP contribution in [0, 0.1) is 23.0 Å². The minimum Gasteiger partial charge on any atom is -0.481 e. The number of aryl methyl sites for hydroxylation is 1. The molecule has 1 fully saturated rings. The van der Waals surface area contributed by atoms with Crippen molar-refractivity contribution < 1.29 is 19.6 Å². The largest absolute Gasteiger partial charge is 0.481 e. The van der Waals surface area contributed by atoms with Crippen molar-refractivity contribution in [3.63, 3.8) is 0 Å². The van der Waals surface area contributed by atoms with Gasteiger partial charge in [-0.25, -0.2) is 0 Å². The molecule has 1 N–H and O–H groups in total. The van der Waals surface area contributed by atoms with Crippen LogP contribution in [0.2, 0.25) is 0 Å². The molecule has 1 saturated heterocycles. The molecule has 26 heavy (non-hydrogen) atoms. The van der Waals surface area contributed by atoms with Crippen LogP contribution in [0.25, 0.3) is 0 Å². The summed E-state index contributed by atoms with van der Waals surface area (Å²) in [5, 5.41) is 20.6. The van der Waals surface area contributed by atoms with Crippen molar-refractivity contribution in [1.82, 2.24) is 4.90 Å². The van der Waals surface area contributed by atoms with E-state index in [9.17, 15) is 24.8 Å². The summed E-state index contributed by atoms with van der Waals surface area (Å²) in [7, 11) is 0. The number of nitro groups is 1. The molecule has 7 nitrogen and oxygen atoms in total. The molecular weight excluding hydrogens is 336 g/mol. The van der Waals surface area contributed by atoms with E-state index in [-0.39, 0.29) is 36.2 Å². The highest BCUT2D eigenvalue weighted by atomic mass is 16.6. The first kappa shape index (κ1) is 17.6. The molecule has 0 unspecified atom stereocenters. The predicted molar refractivity (Wildman–Crippen MR) is 94.0 cm³/mol. The molecule has 0 aliphatic carbocycles. The van der Waals surface area contributed by atoms with E-state index >= 15 is 0 Å². The Morgan fingerprint density at radius 1 is 1.15 bits per heavy atom. The first-order valence-electron chi connectivity index (χ1n) is 8.20. The van der Waals surface area contributed by atoms with Crippen LogP contribution in [0.3, 0.4) is 0 Å². The quantitative estimate of drug-likeness (QED) is 0.672. The zero-order valence-electron chi connectivity index (χ0n) is 14.2. The number of carboxylic acid groups (broad SMARTS) is 1. The van der Waals surface area contributed by atoms with E-state index in [1.165, 1.54) is 17.0 Å². The fourth-order valence-corrected chi connectivity index (χ4v) is 3.43. The van der Waals surface area contributed by atoms with Crippen LogP contribution in [0.1, 0.15) is 27.4 Å². The summed E-state index contributed by atoms with van der Waals surface area (Å²) >= 11 is 0. The van der Waals surface area contributed by atoms with Crippen LogP contribution in [-0.4, -0.2) is 39.9 Å². The van der Waals surface area contributed by atoms with Crippen LogP contribution < -0.4 is 0 Å². The van der Waals surface area contributed by atoms with Gasteiger partial charge in [0.2, 0.25) is 0 Å². The van der Waals surface area contributed by atoms with Gasteiger partial charge in [0.1, 0.15) is 0 Å². The lowest BCUT2D eigenvalue weighted by Crippen LogP contribution is -2.30. The maximum absolute atomic E-state index is 12.8. The molecule has 1 aliphatic heterocycles. The molecule has 3 rings (SSSR count). The summed E-state index contributed by atoms with van der Waals surface area (Å²) < 4.78 is 0. The number of aliphatic carboxylic acids is 1. The van der Waals surface area contributed by atoms with Crippen molar-refractivity contribution in [2.24, 2.45) is 5.92 Å². The Bertz CT molecular complexity index is 865. The number of likely N-dealkylation sites (tertiary alicyclic amines) is 1. The first-order valence-corrected chi connectivity index (χ1v) is 8.20. The summed E-state index contributed by atoms with van der Waals surface area (Å²) in [6.45, 7) is 2.03. The van der Waals surface area contributed by atoms with Gasteiger partial charge in [-0.15, -0.1) is 0 Å². The smallest absolute Gasteiger partial charge is 0.308 e. The number of hydrogen-bond acceptors (Lipinski definition) is 4. The molecule has 2 aromatic carbocycles. The van der Waals surface area contributed by atoms with Crippen LogP contribution in [0.15, 0.2) is 48.5 Å². The monoisotopic (exact) mass is 354 g/mol. The number of carbonyl (C=O) groups is 2. The number of nitro benzene ring substituents is 1. The molecule has 0 radical (unpaired) electrons. The van der Waals surface area contributed by atoms with E-state index in [0.29, 0.717) is 5.56 Å². The van der Waals surface area contributed by atoms with Crippen molar-refractivity contribution >= 4 is 17.6 Å². The maximum atomic E-state index is 12.8. The molecular formula is C19H18N2O5. The standard InChI is InChI=1S/C19H18N2O5/c1-12-7-14(9-15(8-12)21(25)26)18(22)20-10-16(17(11-20)19(23)24)13-5-3-2-4-6-13/h2-9,16-17H,10-11H2,1H3,(H,23,24)/t16-,17-/m0/s1. The van der Waals surface area contributed by atoms with E-state index in [1.807, 2.05) is 30.3 Å². The first-order chi connectivity index (χ1) is 12.4. The molecule has 1 amide bonds. The number of carbonyl (C=O) groups excluding carboxylic acids is 1. The predicted octanol–water partition coefficient (Wildman–Crippen LogP) is 2.84. The number of amides is 1. The number of nitrogens with zero attached hydrogens (tertiary/aromatic N) is 2. The minimum atomic E-state index is -0.954. The lowest BCUT2D eigenvalue weighted by molar-refractivity contribution is -0.384. The van der Waals surface area contributed by atoms with Gasteiger partial charge in [0, 0.05) is 36.7 Å². The van der Waals surface area contributed by atoms with E-state index in [2.05, 4.69) is 0 Å². The van der Waals surface area contributed by atoms with Crippen molar-refractivity contribution in [1.29, 1.82) is 0 Å². The molecule has 0 saturated carbocycles. The van der Waals surface area contributed by atoms with Gasteiger partial charge < -0.3 is 10.0 Å². The maximum Gasteiger partial charge on any atom is 0.308 e. The van der Waals surface area contributed by atoms with E-state index < -0.39 is 16.8 Å². The second kappa shape index (κ2) is 6.95. The van der Waals surface area contributed by atoms with Crippen molar-refractivity contribution in [3.05, 3.63) is 75.3 Å². The Balaban J connectivity index is 1.89. The second-order valence-corrected chi connectivity index (χ2v) is 6.49. The van der Waals surface area contributed by atoms with Gasteiger partial charge in [0.05, 0.1) is 10.8 Å². The van der Waals surface area contributed by atoms with Gasteiger partial charge in [-0.1, -0.05) is 30.3 Å². The number of benzene rings is 2. The molecule has 134 valence electrons. The lowest BCUT2D eigenvalue weighted by atomic mass is 9.89. The molecule has 1 aliphatic rings. The molecule has 0 bridgehead atoms. The Hall–Kier alpha value is -3.22. The molecule has 0 aromatic heterocycles. The second-order valence-electron chi connectivity index (χ2n) is 6.49. The topological polar surface area (TPSA) is 101 Å². The molecule has 1 heterocycles. The van der Waals surface area contributed by atoms with Gasteiger partial charge in [0.25, 0.3) is 11.6 Å². The average molecular weight is 354 g/mol. The van der Waals surface area contributed by atoms with Gasteiger partial charge >= 0.3 is 5.97 Å². The Labute approximate surface area is 150 Å². The van der Waals surface area contributed by atoms with Gasteiger partial charge in [-0.05, 0) is 24.1 Å². The normalized spacial score (nSPS) is 19.3. The van der Waals surface area contributed by atoms with Crippen molar-refractivity contribution in [3.8, 4) is 0 Å². The van der Waals surface area contributed by atoms with Crippen LogP contribution in [0.5, 0.6) is 0 Å². The number of non-ortho nitro benzene ring substituents is 1. The minimum absolute atomic E-state index is 0.0788. The average Bonchev–Trinajstić information content (AvgIpc) is 3.07. The summed E-state index contributed by atoms with van der Waals surface area (Å²) in [4.78, 5) is 36.4. The highest BCUT2D eigenvalue weighted by molar-refractivity contribution is 5.95. The number of hydrogen-bond donors (Lipinski definition) is 1. The fraction of sp³-hybridized carbons (Fsp3) is 0.263. The molecule has 2 aromatic rings. The summed E-state index contributed by atoms with van der Waals surface area (Å²) in [6.07, 6.45) is 0. The van der Waals surface area contributed by atoms with E-state index in [0.717, 1.165) is 5.56 Å². The third-order valence-electron chi connectivity index (χ3n) is 4.67. The highest BCUT2D eigenvalue weighted by Crippen LogP contribution is 2.34. The molecule has 0 spiro atoms. The van der Waals surface area contributed by atoms with Gasteiger partial charge in [-0.2, -0.15) is 0 Å². The Morgan fingerprint density at radius 2 is 1.85 bits per heavy atom. The van der Waals surface area contributed by atoms with Crippen molar-refractivity contribution in [2.45, 2.75) is 12.8 Å². The van der Waals surface area contributed by atoms with Crippen LogP contribution in [-0.2, 0) is 4.79 Å². The van der Waals surface area contributed by atoms with Crippen LogP contribution in [0.4, 0.5) is 5.69 Å². The summed E-state index contributed by atoms with van der Waals surface area (Å²) in [5.41, 5.74) is 1.53. The number of rotatable bonds is 4. The zero-order chi connectivity index (χ0) is 18.8. The van der Waals surface area contributed by atoms with E-state index in [1.54, 1.807) is 13.0 Å². The summed E-state index contributed by atoms with van der Waals surface area (Å²) in [5.74, 6) is -2.36. The van der Waals surface area contributed by atoms with Gasteiger partial charge in [-0.3, -0.25) is 19.7 Å². The molecule has 2 atom stereocenters. The third kappa shape index (κ3) is 3.42. The summed E-state index contributed by atoms with van der Waals surface area (Å²) in [6, 6.07) is 13.4. The van der Waals surface area contributed by atoms with Crippen molar-refractivity contribution in [2.75, 3.05) is 13.1 Å². The van der Waals surface area contributed by atoms with Crippen LogP contribution >= 0.6 is 0 Å². The number of carboxylic acids is 1. The van der Waals surface area contributed by atoms with E-state index in [4.69, 9.17) is 0 Å². The Kier molecular flexibility index (Phi) is 4.71.